The van der Waals surface area contributed by atoms with Gasteiger partial charge in [-0.15, -0.1) is 0 Å². The van der Waals surface area contributed by atoms with Gasteiger partial charge < -0.3 is 0 Å². The summed E-state index contributed by atoms with van der Waals surface area (Å²) in [5.74, 6) is 0.914. The maximum absolute atomic E-state index is 2.50. The fourth-order valence-corrected chi connectivity index (χ4v) is 10.0. The van der Waals surface area contributed by atoms with E-state index in [-0.39, 0.29) is 0 Å². The summed E-state index contributed by atoms with van der Waals surface area (Å²) in [6, 6.07) is 0. The molecular formula is C21H47P. The van der Waals surface area contributed by atoms with Crippen LogP contribution in [0.3, 0.4) is 0 Å². The van der Waals surface area contributed by atoms with Crippen LogP contribution in [0, 0.1) is 11.3 Å². The molecule has 0 amide bonds. The van der Waals surface area contributed by atoms with Gasteiger partial charge in [-0.1, -0.05) is 0 Å². The molecule has 22 heavy (non-hydrogen) atoms. The zero-order valence-electron chi connectivity index (χ0n) is 17.1. The Morgan fingerprint density at radius 1 is 0.727 bits per heavy atom. The third-order valence-electron chi connectivity index (χ3n) is 5.31. The van der Waals surface area contributed by atoms with Crippen LogP contribution in [-0.4, -0.2) is 24.6 Å². The third kappa shape index (κ3) is 11.0. The van der Waals surface area contributed by atoms with Crippen LogP contribution >= 0.6 is 7.26 Å². The van der Waals surface area contributed by atoms with Gasteiger partial charge >= 0.3 is 143 Å². The van der Waals surface area contributed by atoms with Crippen molar-refractivity contribution in [3.05, 3.63) is 0 Å². The molecule has 0 bridgehead atoms. The van der Waals surface area contributed by atoms with Gasteiger partial charge in [-0.2, -0.15) is 0 Å². The van der Waals surface area contributed by atoms with E-state index >= 15 is 0 Å². The van der Waals surface area contributed by atoms with Crippen molar-refractivity contribution >= 4 is 7.26 Å². The van der Waals surface area contributed by atoms with Crippen molar-refractivity contribution in [2.24, 2.45) is 11.3 Å². The molecule has 0 aromatic rings. The molecule has 0 saturated carbocycles. The molecule has 1 atom stereocenters. The Hall–Kier alpha value is 0.430. The van der Waals surface area contributed by atoms with Crippen molar-refractivity contribution in [1.82, 2.24) is 0 Å². The number of hydrogen-bond acceptors (Lipinski definition) is 0. The molecule has 0 saturated heterocycles. The van der Waals surface area contributed by atoms with Crippen LogP contribution in [0.25, 0.3) is 0 Å². The first-order valence-corrected chi connectivity index (χ1v) is 13.1. The van der Waals surface area contributed by atoms with E-state index in [9.17, 15) is 0 Å². The van der Waals surface area contributed by atoms with E-state index in [2.05, 4.69) is 48.5 Å². The predicted molar refractivity (Wildman–Crippen MR) is 110 cm³/mol. The van der Waals surface area contributed by atoms with Crippen LogP contribution in [0.15, 0.2) is 0 Å². The molecule has 0 nitrogen and oxygen atoms in total. The van der Waals surface area contributed by atoms with E-state index < -0.39 is 7.26 Å². The first-order chi connectivity index (χ1) is 10.3. The van der Waals surface area contributed by atoms with Crippen LogP contribution in [0.1, 0.15) is 99.8 Å². The Balaban J connectivity index is 4.69. The summed E-state index contributed by atoms with van der Waals surface area (Å²) in [6.45, 7) is 16.8. The molecule has 0 aromatic carbocycles. The second-order valence-electron chi connectivity index (χ2n) is 9.22. The van der Waals surface area contributed by atoms with Crippen LogP contribution in [0.5, 0.6) is 0 Å². The van der Waals surface area contributed by atoms with Crippen molar-refractivity contribution in [2.45, 2.75) is 99.8 Å². The summed E-state index contributed by atoms with van der Waals surface area (Å²) in [5.41, 5.74) is 0.500. The molecule has 0 aliphatic rings. The third-order valence-corrected chi connectivity index (χ3v) is 10.9. The average molecular weight is 331 g/mol. The topological polar surface area (TPSA) is 0 Å². The summed E-state index contributed by atoms with van der Waals surface area (Å²) >= 11 is 0. The molecule has 0 spiro atoms. The monoisotopic (exact) mass is 330 g/mol. The molecule has 0 aromatic heterocycles. The van der Waals surface area contributed by atoms with Crippen LogP contribution < -0.4 is 0 Å². The Morgan fingerprint density at radius 2 is 1.14 bits per heavy atom. The van der Waals surface area contributed by atoms with Gasteiger partial charge in [0, 0.05) is 0 Å². The van der Waals surface area contributed by atoms with Gasteiger partial charge in [0.25, 0.3) is 0 Å². The Labute approximate surface area is 143 Å². The maximum atomic E-state index is 2.50. The Bertz CT molecular complexity index is 229. The molecular weight excluding hydrogens is 283 g/mol. The molecule has 1 unspecified atom stereocenters. The van der Waals surface area contributed by atoms with Crippen molar-refractivity contribution in [1.29, 1.82) is 0 Å². The van der Waals surface area contributed by atoms with E-state index in [1.165, 1.54) is 51.4 Å². The van der Waals surface area contributed by atoms with E-state index in [1.54, 1.807) is 24.6 Å². The van der Waals surface area contributed by atoms with E-state index in [1.807, 2.05) is 0 Å². The van der Waals surface area contributed by atoms with Gasteiger partial charge in [-0.25, -0.2) is 0 Å². The number of hydrogen-bond donors (Lipinski definition) is 0. The zero-order valence-corrected chi connectivity index (χ0v) is 18.1. The molecule has 0 radical (unpaired) electrons. The van der Waals surface area contributed by atoms with Crippen molar-refractivity contribution in [3.63, 3.8) is 0 Å². The fraction of sp³-hybridized carbons (Fsp3) is 1.00. The molecule has 0 heterocycles. The van der Waals surface area contributed by atoms with Gasteiger partial charge in [-0.3, -0.25) is 0 Å². The first kappa shape index (κ1) is 22.4. The Kier molecular flexibility index (Phi) is 12.1. The van der Waals surface area contributed by atoms with Gasteiger partial charge in [0.1, 0.15) is 0 Å². The minimum atomic E-state index is -0.997. The van der Waals surface area contributed by atoms with Gasteiger partial charge in [0.2, 0.25) is 0 Å². The standard InChI is InChI=1S/C21H47P/c1-8-11-15-22(16-12-9-2,17-13-10-3)18-14-20(4)19-21(5,6)7/h20,22H,8-19H2,1-7H3. The summed E-state index contributed by atoms with van der Waals surface area (Å²) < 4.78 is 0. The molecule has 0 aliphatic heterocycles. The Morgan fingerprint density at radius 3 is 1.45 bits per heavy atom. The summed E-state index contributed by atoms with van der Waals surface area (Å²) in [6.07, 6.45) is 18.0. The predicted octanol–water partition coefficient (Wildman–Crippen LogP) is 7.60. The first-order valence-electron chi connectivity index (χ1n) is 10.3. The summed E-state index contributed by atoms with van der Waals surface area (Å²) in [7, 11) is -0.997. The fourth-order valence-electron chi connectivity index (χ4n) is 4.11. The van der Waals surface area contributed by atoms with E-state index in [4.69, 9.17) is 0 Å². The number of unbranched alkanes of at least 4 members (excludes halogenated alkanes) is 3. The summed E-state index contributed by atoms with van der Waals surface area (Å²) in [4.78, 5) is 0. The van der Waals surface area contributed by atoms with Crippen molar-refractivity contribution in [2.75, 3.05) is 24.6 Å². The molecule has 136 valence electrons. The van der Waals surface area contributed by atoms with Crippen LogP contribution in [0.4, 0.5) is 0 Å². The minimum absolute atomic E-state index is 0.500. The molecule has 0 rings (SSSR count). The molecule has 1 heteroatoms. The average Bonchev–Trinajstić information content (AvgIpc) is 2.44. The van der Waals surface area contributed by atoms with Crippen molar-refractivity contribution < 1.29 is 0 Å². The van der Waals surface area contributed by atoms with E-state index in [0.717, 1.165) is 5.92 Å². The second kappa shape index (κ2) is 11.9. The van der Waals surface area contributed by atoms with Gasteiger partial charge in [0.05, 0.1) is 0 Å². The molecule has 0 fully saturated rings. The van der Waals surface area contributed by atoms with Crippen LogP contribution in [-0.2, 0) is 0 Å². The SMILES string of the molecule is CCCC[PH](CCCC)(CCCC)CCC(C)CC(C)(C)C. The number of rotatable bonds is 13. The van der Waals surface area contributed by atoms with Crippen LogP contribution in [0.2, 0.25) is 0 Å². The zero-order chi connectivity index (χ0) is 17.1. The molecule has 0 N–H and O–H groups in total. The van der Waals surface area contributed by atoms with Gasteiger partial charge in [-0.05, 0) is 0 Å². The second-order valence-corrected chi connectivity index (χ2v) is 14.2. The summed E-state index contributed by atoms with van der Waals surface area (Å²) in [5, 5.41) is 0. The molecule has 0 aliphatic carbocycles. The van der Waals surface area contributed by atoms with E-state index in [0.29, 0.717) is 5.41 Å². The van der Waals surface area contributed by atoms with Gasteiger partial charge in [0.15, 0.2) is 0 Å². The van der Waals surface area contributed by atoms with Crippen molar-refractivity contribution in [3.8, 4) is 0 Å². The normalized spacial score (nSPS) is 15.0. The quantitative estimate of drug-likeness (QED) is 0.305.